The SMILES string of the molecule is Fc1ccc(OC(c2ccccc2)C2CNCCO2)c(C2CC2)c1. The minimum atomic E-state index is -0.207. The molecule has 0 amide bonds. The fraction of sp³-hybridized carbons (Fsp3) is 0.400. The van der Waals surface area contributed by atoms with Crippen molar-refractivity contribution in [2.45, 2.75) is 31.0 Å². The Balaban J connectivity index is 1.64. The molecule has 0 aromatic heterocycles. The third-order valence-corrected chi connectivity index (χ3v) is 4.67. The maximum Gasteiger partial charge on any atom is 0.151 e. The summed E-state index contributed by atoms with van der Waals surface area (Å²) >= 11 is 0. The van der Waals surface area contributed by atoms with Crippen LogP contribution in [0.3, 0.4) is 0 Å². The minimum absolute atomic E-state index is 0.0572. The van der Waals surface area contributed by atoms with Gasteiger partial charge in [0.1, 0.15) is 17.7 Å². The van der Waals surface area contributed by atoms with Gasteiger partial charge in [0.05, 0.1) is 6.61 Å². The smallest absolute Gasteiger partial charge is 0.151 e. The zero-order valence-electron chi connectivity index (χ0n) is 13.6. The molecule has 0 spiro atoms. The molecule has 2 aromatic rings. The van der Waals surface area contributed by atoms with Crippen molar-refractivity contribution < 1.29 is 13.9 Å². The predicted octanol–water partition coefficient (Wildman–Crippen LogP) is 3.81. The number of ether oxygens (including phenoxy) is 2. The van der Waals surface area contributed by atoms with E-state index in [2.05, 4.69) is 17.4 Å². The molecular weight excluding hydrogens is 305 g/mol. The van der Waals surface area contributed by atoms with E-state index in [1.807, 2.05) is 18.2 Å². The lowest BCUT2D eigenvalue weighted by atomic mass is 10.0. The van der Waals surface area contributed by atoms with Gasteiger partial charge < -0.3 is 14.8 Å². The summed E-state index contributed by atoms with van der Waals surface area (Å²) in [5.41, 5.74) is 2.07. The number of hydrogen-bond donors (Lipinski definition) is 1. The average molecular weight is 327 g/mol. The van der Waals surface area contributed by atoms with E-state index in [0.717, 1.165) is 42.8 Å². The van der Waals surface area contributed by atoms with Gasteiger partial charge in [-0.2, -0.15) is 0 Å². The zero-order valence-corrected chi connectivity index (χ0v) is 13.6. The fourth-order valence-electron chi connectivity index (χ4n) is 3.26. The first-order valence-electron chi connectivity index (χ1n) is 8.64. The number of benzene rings is 2. The molecule has 2 aliphatic rings. The minimum Gasteiger partial charge on any atom is -0.483 e. The summed E-state index contributed by atoms with van der Waals surface area (Å²) in [5, 5.41) is 3.36. The summed E-state index contributed by atoms with van der Waals surface area (Å²) in [6.45, 7) is 2.29. The molecule has 1 aliphatic carbocycles. The van der Waals surface area contributed by atoms with Crippen molar-refractivity contribution in [3.63, 3.8) is 0 Å². The molecule has 0 radical (unpaired) electrons. The lowest BCUT2D eigenvalue weighted by Crippen LogP contribution is -2.43. The quantitative estimate of drug-likeness (QED) is 0.906. The predicted molar refractivity (Wildman–Crippen MR) is 90.8 cm³/mol. The first-order chi connectivity index (χ1) is 11.8. The van der Waals surface area contributed by atoms with E-state index in [-0.39, 0.29) is 18.0 Å². The van der Waals surface area contributed by atoms with Crippen LogP contribution in [0.1, 0.15) is 36.0 Å². The number of morpholine rings is 1. The Morgan fingerprint density at radius 1 is 1.12 bits per heavy atom. The number of hydrogen-bond acceptors (Lipinski definition) is 3. The van der Waals surface area contributed by atoms with Crippen molar-refractivity contribution in [3.8, 4) is 5.75 Å². The first kappa shape index (κ1) is 15.6. The molecule has 2 atom stereocenters. The van der Waals surface area contributed by atoms with Crippen molar-refractivity contribution >= 4 is 0 Å². The van der Waals surface area contributed by atoms with Crippen molar-refractivity contribution in [1.29, 1.82) is 0 Å². The molecule has 3 nitrogen and oxygen atoms in total. The molecule has 126 valence electrons. The van der Waals surface area contributed by atoms with Crippen molar-refractivity contribution in [2.24, 2.45) is 0 Å². The van der Waals surface area contributed by atoms with Gasteiger partial charge in [0.15, 0.2) is 6.10 Å². The van der Waals surface area contributed by atoms with E-state index in [1.54, 1.807) is 12.1 Å². The van der Waals surface area contributed by atoms with Crippen molar-refractivity contribution in [2.75, 3.05) is 19.7 Å². The van der Waals surface area contributed by atoms with Crippen LogP contribution in [0.5, 0.6) is 5.75 Å². The first-order valence-corrected chi connectivity index (χ1v) is 8.64. The summed E-state index contributed by atoms with van der Waals surface area (Å²) in [6, 6.07) is 15.0. The van der Waals surface area contributed by atoms with E-state index < -0.39 is 0 Å². The average Bonchev–Trinajstić information content (AvgIpc) is 3.47. The topological polar surface area (TPSA) is 30.5 Å². The standard InChI is InChI=1S/C20H22FNO2/c21-16-8-9-18(17(12-16)14-6-7-14)24-20(15-4-2-1-3-5-15)19-13-22-10-11-23-19/h1-5,8-9,12,14,19-20,22H,6-7,10-11,13H2. The van der Waals surface area contributed by atoms with Gasteiger partial charge in [-0.05, 0) is 42.5 Å². The molecule has 1 heterocycles. The van der Waals surface area contributed by atoms with Crippen LogP contribution in [0.4, 0.5) is 4.39 Å². The van der Waals surface area contributed by atoms with E-state index in [0.29, 0.717) is 12.5 Å². The lowest BCUT2D eigenvalue weighted by molar-refractivity contribution is -0.0435. The van der Waals surface area contributed by atoms with Crippen molar-refractivity contribution in [1.82, 2.24) is 5.32 Å². The van der Waals surface area contributed by atoms with Crippen LogP contribution in [-0.2, 0) is 4.74 Å². The van der Waals surface area contributed by atoms with Gasteiger partial charge in [0.2, 0.25) is 0 Å². The highest BCUT2D eigenvalue weighted by Crippen LogP contribution is 2.45. The van der Waals surface area contributed by atoms with Crippen LogP contribution in [0.2, 0.25) is 0 Å². The third kappa shape index (κ3) is 3.45. The highest BCUT2D eigenvalue weighted by atomic mass is 19.1. The maximum atomic E-state index is 13.7. The van der Waals surface area contributed by atoms with Gasteiger partial charge in [-0.15, -0.1) is 0 Å². The van der Waals surface area contributed by atoms with E-state index >= 15 is 0 Å². The molecule has 2 unspecified atom stereocenters. The molecule has 2 fully saturated rings. The van der Waals surface area contributed by atoms with Crippen LogP contribution < -0.4 is 10.1 Å². The normalized spacial score (nSPS) is 22.1. The molecule has 0 bridgehead atoms. The number of rotatable bonds is 5. The Hall–Kier alpha value is -1.91. The van der Waals surface area contributed by atoms with E-state index in [9.17, 15) is 4.39 Å². The maximum absolute atomic E-state index is 13.7. The molecular formula is C20H22FNO2. The van der Waals surface area contributed by atoms with Gasteiger partial charge in [0, 0.05) is 18.7 Å². The molecule has 4 rings (SSSR count). The van der Waals surface area contributed by atoms with Crippen LogP contribution in [-0.4, -0.2) is 25.8 Å². The second kappa shape index (κ2) is 6.91. The summed E-state index contributed by atoms with van der Waals surface area (Å²) in [5.74, 6) is 1.01. The van der Waals surface area contributed by atoms with Gasteiger partial charge in [-0.25, -0.2) is 4.39 Å². The highest BCUT2D eigenvalue weighted by molar-refractivity contribution is 5.40. The largest absolute Gasteiger partial charge is 0.483 e. The Morgan fingerprint density at radius 3 is 2.67 bits per heavy atom. The van der Waals surface area contributed by atoms with Crippen LogP contribution >= 0.6 is 0 Å². The number of nitrogens with one attached hydrogen (secondary N) is 1. The zero-order chi connectivity index (χ0) is 16.4. The molecule has 4 heteroatoms. The Morgan fingerprint density at radius 2 is 1.96 bits per heavy atom. The van der Waals surface area contributed by atoms with Gasteiger partial charge in [-0.3, -0.25) is 0 Å². The second-order valence-corrected chi connectivity index (χ2v) is 6.52. The lowest BCUT2D eigenvalue weighted by Gasteiger charge is -2.32. The molecule has 1 saturated carbocycles. The van der Waals surface area contributed by atoms with Crippen LogP contribution in [0.15, 0.2) is 48.5 Å². The molecule has 2 aromatic carbocycles. The van der Waals surface area contributed by atoms with Gasteiger partial charge in [0.25, 0.3) is 0 Å². The monoisotopic (exact) mass is 327 g/mol. The summed E-state index contributed by atoms with van der Waals surface area (Å²) in [6.07, 6.45) is 1.95. The summed E-state index contributed by atoms with van der Waals surface area (Å²) in [4.78, 5) is 0. The molecule has 1 aliphatic heterocycles. The molecule has 24 heavy (non-hydrogen) atoms. The molecule has 1 saturated heterocycles. The Kier molecular flexibility index (Phi) is 4.50. The van der Waals surface area contributed by atoms with Crippen LogP contribution in [0.25, 0.3) is 0 Å². The Bertz CT molecular complexity index is 681. The second-order valence-electron chi connectivity index (χ2n) is 6.52. The molecule has 1 N–H and O–H groups in total. The number of halogens is 1. The third-order valence-electron chi connectivity index (χ3n) is 4.67. The van der Waals surface area contributed by atoms with E-state index in [4.69, 9.17) is 9.47 Å². The van der Waals surface area contributed by atoms with Gasteiger partial charge in [-0.1, -0.05) is 30.3 Å². The van der Waals surface area contributed by atoms with E-state index in [1.165, 1.54) is 6.07 Å². The Labute approximate surface area is 141 Å². The highest BCUT2D eigenvalue weighted by Gasteiger charge is 2.31. The van der Waals surface area contributed by atoms with Crippen molar-refractivity contribution in [3.05, 3.63) is 65.5 Å². The summed E-state index contributed by atoms with van der Waals surface area (Å²) < 4.78 is 26.0. The summed E-state index contributed by atoms with van der Waals surface area (Å²) in [7, 11) is 0. The van der Waals surface area contributed by atoms with Crippen LogP contribution in [0, 0.1) is 5.82 Å². The van der Waals surface area contributed by atoms with Gasteiger partial charge >= 0.3 is 0 Å². The fourth-order valence-corrected chi connectivity index (χ4v) is 3.26.